The molecule has 2 rings (SSSR count). The number of carbonyl (C=O) groups excluding carboxylic acids is 1. The molecule has 4 unspecified atom stereocenters. The van der Waals surface area contributed by atoms with Gasteiger partial charge in [-0.3, -0.25) is 4.79 Å². The summed E-state index contributed by atoms with van der Waals surface area (Å²) in [6, 6.07) is 1.30. The van der Waals surface area contributed by atoms with Crippen LogP contribution in [0.25, 0.3) is 0 Å². The van der Waals surface area contributed by atoms with Gasteiger partial charge in [0.05, 0.1) is 18.6 Å². The van der Waals surface area contributed by atoms with Crippen LogP contribution < -0.4 is 0 Å². The smallest absolute Gasteiger partial charge is 0.309 e. The summed E-state index contributed by atoms with van der Waals surface area (Å²) in [6.07, 6.45) is 4.63. The highest BCUT2D eigenvalue weighted by molar-refractivity contribution is 6.08. The molecule has 2 aliphatic rings. The van der Waals surface area contributed by atoms with Crippen LogP contribution in [0, 0.1) is 17.8 Å². The lowest BCUT2D eigenvalue weighted by Crippen LogP contribution is -2.28. The fourth-order valence-electron chi connectivity index (χ4n) is 3.18. The van der Waals surface area contributed by atoms with Gasteiger partial charge in [-0.25, -0.2) is 0 Å². The van der Waals surface area contributed by atoms with Gasteiger partial charge >= 0.3 is 5.97 Å². The van der Waals surface area contributed by atoms with Gasteiger partial charge in [0.15, 0.2) is 0 Å². The van der Waals surface area contributed by atoms with Crippen LogP contribution in [-0.2, 0) is 14.3 Å². The van der Waals surface area contributed by atoms with E-state index in [1.165, 1.54) is 22.7 Å². The van der Waals surface area contributed by atoms with Crippen molar-refractivity contribution < 1.29 is 14.3 Å². The van der Waals surface area contributed by atoms with Gasteiger partial charge in [0, 0.05) is 16.8 Å². The lowest BCUT2D eigenvalue weighted by Gasteiger charge is -2.23. The first-order valence-corrected chi connectivity index (χ1v) is 8.42. The highest BCUT2D eigenvalue weighted by atomic mass is 28.1. The Morgan fingerprint density at radius 3 is 2.94 bits per heavy atom. The molecule has 1 aliphatic carbocycles. The molecule has 2 fully saturated rings. The first kappa shape index (κ1) is 13.1. The van der Waals surface area contributed by atoms with Gasteiger partial charge in [-0.15, -0.1) is 0 Å². The van der Waals surface area contributed by atoms with Crippen LogP contribution in [0.4, 0.5) is 0 Å². The molecule has 4 atom stereocenters. The Labute approximate surface area is 107 Å². The van der Waals surface area contributed by atoms with E-state index in [9.17, 15) is 4.79 Å². The molecule has 0 bridgehead atoms. The van der Waals surface area contributed by atoms with Gasteiger partial charge < -0.3 is 9.47 Å². The average molecular weight is 256 g/mol. The molecule has 0 aromatic heterocycles. The lowest BCUT2D eigenvalue weighted by molar-refractivity contribution is -0.144. The number of carbonyl (C=O) groups is 1. The van der Waals surface area contributed by atoms with Gasteiger partial charge in [0.25, 0.3) is 0 Å². The van der Waals surface area contributed by atoms with Crippen molar-refractivity contribution in [2.45, 2.75) is 44.8 Å². The fraction of sp³-hybridized carbons (Fsp3) is 0.923. The first-order valence-electron chi connectivity index (χ1n) is 7.00. The SMILES string of the molecule is CC1CC(OCCC[SiH3])C(C2CCOC2=O)C1. The molecule has 1 heterocycles. The number of hydrogen-bond donors (Lipinski definition) is 0. The summed E-state index contributed by atoms with van der Waals surface area (Å²) in [7, 11) is 1.26. The number of ether oxygens (including phenoxy) is 2. The Bertz CT molecular complexity index is 269. The third-order valence-electron chi connectivity index (χ3n) is 4.11. The molecule has 0 aromatic carbocycles. The van der Waals surface area contributed by atoms with Crippen LogP contribution in [-0.4, -0.2) is 35.5 Å². The van der Waals surface area contributed by atoms with Crippen molar-refractivity contribution >= 4 is 16.2 Å². The van der Waals surface area contributed by atoms with E-state index in [1.54, 1.807) is 0 Å². The Morgan fingerprint density at radius 1 is 1.47 bits per heavy atom. The highest BCUT2D eigenvalue weighted by Crippen LogP contribution is 2.41. The molecule has 1 aliphatic heterocycles. The Morgan fingerprint density at radius 2 is 2.29 bits per heavy atom. The zero-order valence-electron chi connectivity index (χ0n) is 11.0. The molecule has 3 nitrogen and oxygen atoms in total. The molecule has 4 heteroatoms. The van der Waals surface area contributed by atoms with Crippen molar-refractivity contribution in [2.75, 3.05) is 13.2 Å². The molecule has 1 saturated carbocycles. The second kappa shape index (κ2) is 6.00. The van der Waals surface area contributed by atoms with E-state index in [1.807, 2.05) is 0 Å². The van der Waals surface area contributed by atoms with Gasteiger partial charge in [-0.1, -0.05) is 13.0 Å². The topological polar surface area (TPSA) is 35.5 Å². The molecular weight excluding hydrogens is 232 g/mol. The fourth-order valence-corrected chi connectivity index (χ4v) is 3.47. The van der Waals surface area contributed by atoms with Gasteiger partial charge in [-0.05, 0) is 37.5 Å². The summed E-state index contributed by atoms with van der Waals surface area (Å²) in [6.45, 7) is 3.75. The predicted molar refractivity (Wildman–Crippen MR) is 70.1 cm³/mol. The Kier molecular flexibility index (Phi) is 4.62. The van der Waals surface area contributed by atoms with Crippen molar-refractivity contribution in [1.29, 1.82) is 0 Å². The largest absolute Gasteiger partial charge is 0.465 e. The summed E-state index contributed by atoms with van der Waals surface area (Å²) in [5.74, 6) is 1.23. The quantitative estimate of drug-likeness (QED) is 0.421. The molecule has 1 saturated heterocycles. The maximum absolute atomic E-state index is 11.7. The van der Waals surface area contributed by atoms with Crippen molar-refractivity contribution in [1.82, 2.24) is 0 Å². The summed E-state index contributed by atoms with van der Waals surface area (Å²) >= 11 is 0. The average Bonchev–Trinajstić information content (AvgIpc) is 2.85. The van der Waals surface area contributed by atoms with Crippen LogP contribution in [0.5, 0.6) is 0 Å². The second-order valence-electron chi connectivity index (χ2n) is 5.57. The minimum absolute atomic E-state index is 0.0144. The molecule has 17 heavy (non-hydrogen) atoms. The minimum Gasteiger partial charge on any atom is -0.465 e. The summed E-state index contributed by atoms with van der Waals surface area (Å²) in [5.41, 5.74) is 0. The second-order valence-corrected chi connectivity index (χ2v) is 6.57. The Hall–Kier alpha value is -0.353. The van der Waals surface area contributed by atoms with Crippen molar-refractivity contribution in [3.63, 3.8) is 0 Å². The van der Waals surface area contributed by atoms with E-state index in [0.29, 0.717) is 24.5 Å². The van der Waals surface area contributed by atoms with Crippen LogP contribution in [0.2, 0.25) is 6.04 Å². The first-order chi connectivity index (χ1) is 8.22. The van der Waals surface area contributed by atoms with Crippen molar-refractivity contribution in [3.8, 4) is 0 Å². The minimum atomic E-state index is 0.0144. The van der Waals surface area contributed by atoms with Crippen molar-refractivity contribution in [3.05, 3.63) is 0 Å². The molecular formula is C13H24O3Si. The highest BCUT2D eigenvalue weighted by Gasteiger charge is 2.43. The molecule has 0 aromatic rings. The van der Waals surface area contributed by atoms with E-state index < -0.39 is 0 Å². The Balaban J connectivity index is 1.91. The molecule has 0 N–H and O–H groups in total. The zero-order valence-corrected chi connectivity index (χ0v) is 13.0. The standard InChI is InChI=1S/C13H24O3Si/c1-9-7-11(10-3-5-16-13(10)14)12(8-9)15-4-2-6-17/h9-12H,2-8H2,1,17H3. The normalized spacial score (nSPS) is 37.6. The number of rotatable bonds is 5. The summed E-state index contributed by atoms with van der Waals surface area (Å²) in [5, 5.41) is 0. The zero-order chi connectivity index (χ0) is 12.3. The van der Waals surface area contributed by atoms with Crippen LogP contribution in [0.15, 0.2) is 0 Å². The van der Waals surface area contributed by atoms with Gasteiger partial charge in [-0.2, -0.15) is 0 Å². The predicted octanol–water partition coefficient (Wildman–Crippen LogP) is 1.15. The maximum atomic E-state index is 11.7. The van der Waals surface area contributed by atoms with E-state index >= 15 is 0 Å². The van der Waals surface area contributed by atoms with E-state index in [0.717, 1.165) is 25.9 Å². The maximum Gasteiger partial charge on any atom is 0.309 e. The van der Waals surface area contributed by atoms with Crippen LogP contribution >= 0.6 is 0 Å². The van der Waals surface area contributed by atoms with Crippen LogP contribution in [0.1, 0.15) is 32.6 Å². The summed E-state index contributed by atoms with van der Waals surface area (Å²) in [4.78, 5) is 11.7. The molecule has 98 valence electrons. The monoisotopic (exact) mass is 256 g/mol. The number of esters is 1. The van der Waals surface area contributed by atoms with Gasteiger partial charge in [0.2, 0.25) is 0 Å². The number of cyclic esters (lactones) is 1. The van der Waals surface area contributed by atoms with Crippen LogP contribution in [0.3, 0.4) is 0 Å². The third-order valence-corrected chi connectivity index (χ3v) is 4.82. The third kappa shape index (κ3) is 3.10. The number of hydrogen-bond acceptors (Lipinski definition) is 3. The summed E-state index contributed by atoms with van der Waals surface area (Å²) < 4.78 is 11.1. The molecule has 0 amide bonds. The van der Waals surface area contributed by atoms with E-state index in [4.69, 9.17) is 9.47 Å². The van der Waals surface area contributed by atoms with Gasteiger partial charge in [0.1, 0.15) is 0 Å². The van der Waals surface area contributed by atoms with E-state index in [2.05, 4.69) is 6.92 Å². The van der Waals surface area contributed by atoms with Crippen molar-refractivity contribution in [2.24, 2.45) is 17.8 Å². The molecule has 0 spiro atoms. The lowest BCUT2D eigenvalue weighted by atomic mass is 9.87. The molecule has 0 radical (unpaired) electrons. The van der Waals surface area contributed by atoms with E-state index in [-0.39, 0.29) is 11.9 Å².